The van der Waals surface area contributed by atoms with Crippen LogP contribution in [0.25, 0.3) is 0 Å². The molecular weight excluding hydrogens is 264 g/mol. The topological polar surface area (TPSA) is 59.0 Å². The van der Waals surface area contributed by atoms with Gasteiger partial charge in [0.25, 0.3) is 0 Å². The van der Waals surface area contributed by atoms with Gasteiger partial charge in [-0.1, -0.05) is 13.8 Å². The van der Waals surface area contributed by atoms with Gasteiger partial charge in [0.05, 0.1) is 18.6 Å². The van der Waals surface area contributed by atoms with Gasteiger partial charge in [0.1, 0.15) is 0 Å². The lowest BCUT2D eigenvalue weighted by Gasteiger charge is -2.10. The van der Waals surface area contributed by atoms with E-state index in [9.17, 15) is 4.79 Å². The zero-order valence-corrected chi connectivity index (χ0v) is 12.6. The summed E-state index contributed by atoms with van der Waals surface area (Å²) in [4.78, 5) is 15.5. The Morgan fingerprint density at radius 1 is 1.19 bits per heavy atom. The van der Waals surface area contributed by atoms with Crippen molar-refractivity contribution in [2.45, 2.75) is 39.8 Å². The number of nitrogens with zero attached hydrogens (tertiary/aromatic N) is 2. The van der Waals surface area contributed by atoms with Crippen molar-refractivity contribution >= 4 is 17.3 Å². The van der Waals surface area contributed by atoms with Crippen molar-refractivity contribution in [3.8, 4) is 0 Å². The van der Waals surface area contributed by atoms with Crippen LogP contribution in [-0.2, 0) is 17.9 Å². The number of anilines is 2. The van der Waals surface area contributed by atoms with Gasteiger partial charge in [-0.25, -0.2) is 4.98 Å². The molecule has 5 heteroatoms. The molecule has 1 aromatic heterocycles. The number of carbonyl (C=O) groups is 1. The van der Waals surface area contributed by atoms with Crippen molar-refractivity contribution in [3.05, 3.63) is 42.5 Å². The number of hydrogen-bond acceptors (Lipinski definition) is 3. The summed E-state index contributed by atoms with van der Waals surface area (Å²) < 4.78 is 2.16. The number of aryl methyl sites for hydroxylation is 1. The van der Waals surface area contributed by atoms with Gasteiger partial charge in [-0.05, 0) is 30.7 Å². The molecule has 0 aliphatic rings. The average molecular weight is 286 g/mol. The first-order valence-corrected chi connectivity index (χ1v) is 7.35. The van der Waals surface area contributed by atoms with E-state index in [4.69, 9.17) is 0 Å². The molecule has 0 fully saturated rings. The molecule has 0 saturated heterocycles. The molecule has 0 aliphatic carbocycles. The number of benzene rings is 1. The maximum atomic E-state index is 11.3. The van der Waals surface area contributed by atoms with Crippen LogP contribution in [-0.4, -0.2) is 15.5 Å². The highest BCUT2D eigenvalue weighted by atomic mass is 16.1. The first-order valence-electron chi connectivity index (χ1n) is 7.35. The molecule has 2 rings (SSSR count). The SMILES string of the molecule is CCCn1cncc1CNc1ccc(NC(=O)CC)cc1. The van der Waals surface area contributed by atoms with E-state index in [1.54, 1.807) is 0 Å². The van der Waals surface area contributed by atoms with Gasteiger partial charge >= 0.3 is 0 Å². The van der Waals surface area contributed by atoms with Crippen molar-refractivity contribution in [1.29, 1.82) is 0 Å². The van der Waals surface area contributed by atoms with E-state index in [0.717, 1.165) is 30.9 Å². The Hall–Kier alpha value is -2.30. The monoisotopic (exact) mass is 286 g/mol. The van der Waals surface area contributed by atoms with Crippen LogP contribution in [0, 0.1) is 0 Å². The second-order valence-electron chi connectivity index (χ2n) is 4.91. The van der Waals surface area contributed by atoms with E-state index >= 15 is 0 Å². The molecule has 0 unspecified atom stereocenters. The van der Waals surface area contributed by atoms with Crippen LogP contribution in [0.3, 0.4) is 0 Å². The fourth-order valence-corrected chi connectivity index (χ4v) is 2.05. The van der Waals surface area contributed by atoms with Crippen LogP contribution < -0.4 is 10.6 Å². The number of rotatable bonds is 7. The number of amides is 1. The predicted octanol–water partition coefficient (Wildman–Crippen LogP) is 3.25. The molecule has 0 atom stereocenters. The smallest absolute Gasteiger partial charge is 0.224 e. The third kappa shape index (κ3) is 4.34. The number of nitrogens with one attached hydrogen (secondary N) is 2. The zero-order chi connectivity index (χ0) is 15.1. The largest absolute Gasteiger partial charge is 0.379 e. The quantitative estimate of drug-likeness (QED) is 0.821. The van der Waals surface area contributed by atoms with Crippen molar-refractivity contribution in [2.24, 2.45) is 0 Å². The molecule has 0 radical (unpaired) electrons. The Bertz CT molecular complexity index is 574. The van der Waals surface area contributed by atoms with Gasteiger partial charge < -0.3 is 15.2 Å². The third-order valence-corrected chi connectivity index (χ3v) is 3.23. The van der Waals surface area contributed by atoms with Crippen LogP contribution >= 0.6 is 0 Å². The summed E-state index contributed by atoms with van der Waals surface area (Å²) in [7, 11) is 0. The summed E-state index contributed by atoms with van der Waals surface area (Å²) >= 11 is 0. The number of imidazole rings is 1. The van der Waals surface area contributed by atoms with Crippen LogP contribution in [0.5, 0.6) is 0 Å². The second-order valence-corrected chi connectivity index (χ2v) is 4.91. The van der Waals surface area contributed by atoms with Crippen LogP contribution in [0.15, 0.2) is 36.8 Å². The Morgan fingerprint density at radius 3 is 2.57 bits per heavy atom. The highest BCUT2D eigenvalue weighted by Gasteiger charge is 2.02. The van der Waals surface area contributed by atoms with Gasteiger partial charge in [0.2, 0.25) is 5.91 Å². The van der Waals surface area contributed by atoms with Gasteiger partial charge in [-0.15, -0.1) is 0 Å². The fourth-order valence-electron chi connectivity index (χ4n) is 2.05. The van der Waals surface area contributed by atoms with Crippen molar-refractivity contribution in [1.82, 2.24) is 9.55 Å². The van der Waals surface area contributed by atoms with Gasteiger partial charge in [0, 0.05) is 30.5 Å². The average Bonchev–Trinajstić information content (AvgIpc) is 2.94. The van der Waals surface area contributed by atoms with Gasteiger partial charge in [-0.2, -0.15) is 0 Å². The maximum Gasteiger partial charge on any atom is 0.224 e. The lowest BCUT2D eigenvalue weighted by molar-refractivity contribution is -0.115. The Labute approximate surface area is 125 Å². The van der Waals surface area contributed by atoms with E-state index in [2.05, 4.69) is 27.1 Å². The van der Waals surface area contributed by atoms with Gasteiger partial charge in [0.15, 0.2) is 0 Å². The molecule has 0 spiro atoms. The van der Waals surface area contributed by atoms with Crippen molar-refractivity contribution in [2.75, 3.05) is 10.6 Å². The normalized spacial score (nSPS) is 10.4. The molecule has 21 heavy (non-hydrogen) atoms. The van der Waals surface area contributed by atoms with Crippen molar-refractivity contribution in [3.63, 3.8) is 0 Å². The van der Waals surface area contributed by atoms with Gasteiger partial charge in [-0.3, -0.25) is 4.79 Å². The number of hydrogen-bond donors (Lipinski definition) is 2. The standard InChI is InChI=1S/C16H22N4O/c1-3-9-20-12-17-10-15(20)11-18-13-5-7-14(8-6-13)19-16(21)4-2/h5-8,10,12,18H,3-4,9,11H2,1-2H3,(H,19,21). The molecule has 2 N–H and O–H groups in total. The molecule has 0 aliphatic heterocycles. The molecule has 2 aromatic rings. The highest BCUT2D eigenvalue weighted by Crippen LogP contribution is 2.15. The summed E-state index contributed by atoms with van der Waals surface area (Å²) in [6, 6.07) is 7.73. The number of carbonyl (C=O) groups excluding carboxylic acids is 1. The molecular formula is C16H22N4O. The minimum absolute atomic E-state index is 0.0270. The summed E-state index contributed by atoms with van der Waals surface area (Å²) in [5.74, 6) is 0.0270. The lowest BCUT2D eigenvalue weighted by Crippen LogP contribution is -2.09. The zero-order valence-electron chi connectivity index (χ0n) is 12.6. The maximum absolute atomic E-state index is 11.3. The molecule has 1 amide bonds. The Morgan fingerprint density at radius 2 is 1.90 bits per heavy atom. The van der Waals surface area contributed by atoms with Crippen molar-refractivity contribution < 1.29 is 4.79 Å². The molecule has 112 valence electrons. The van der Waals surface area contributed by atoms with E-state index in [1.165, 1.54) is 5.69 Å². The minimum atomic E-state index is 0.0270. The molecule has 0 saturated carbocycles. The summed E-state index contributed by atoms with van der Waals surface area (Å²) in [5.41, 5.74) is 3.01. The first-order chi connectivity index (χ1) is 10.2. The third-order valence-electron chi connectivity index (χ3n) is 3.23. The lowest BCUT2D eigenvalue weighted by atomic mass is 10.2. The molecule has 0 bridgehead atoms. The first kappa shape index (κ1) is 15.1. The van der Waals surface area contributed by atoms with E-state index < -0.39 is 0 Å². The van der Waals surface area contributed by atoms with Crippen LogP contribution in [0.4, 0.5) is 11.4 Å². The molecule has 1 heterocycles. The second kappa shape index (κ2) is 7.47. The number of aromatic nitrogens is 2. The minimum Gasteiger partial charge on any atom is -0.379 e. The summed E-state index contributed by atoms with van der Waals surface area (Å²) in [6.07, 6.45) is 5.33. The van der Waals surface area contributed by atoms with E-state index in [-0.39, 0.29) is 5.91 Å². The van der Waals surface area contributed by atoms with E-state index in [0.29, 0.717) is 6.42 Å². The Kier molecular flexibility index (Phi) is 5.37. The summed E-state index contributed by atoms with van der Waals surface area (Å²) in [6.45, 7) is 5.71. The summed E-state index contributed by atoms with van der Waals surface area (Å²) in [5, 5.41) is 6.20. The van der Waals surface area contributed by atoms with Crippen LogP contribution in [0.1, 0.15) is 32.4 Å². The highest BCUT2D eigenvalue weighted by molar-refractivity contribution is 5.90. The molecule has 5 nitrogen and oxygen atoms in total. The molecule has 1 aromatic carbocycles. The predicted molar refractivity (Wildman–Crippen MR) is 85.2 cm³/mol. The van der Waals surface area contributed by atoms with E-state index in [1.807, 2.05) is 43.7 Å². The van der Waals surface area contributed by atoms with Crippen LogP contribution in [0.2, 0.25) is 0 Å². The fraction of sp³-hybridized carbons (Fsp3) is 0.375. The Balaban J connectivity index is 1.91.